The van der Waals surface area contributed by atoms with Crippen molar-refractivity contribution in [3.63, 3.8) is 0 Å². The van der Waals surface area contributed by atoms with E-state index in [1.807, 2.05) is 39.0 Å². The van der Waals surface area contributed by atoms with Crippen LogP contribution in [0.2, 0.25) is 0 Å². The number of benzene rings is 1. The lowest BCUT2D eigenvalue weighted by molar-refractivity contribution is -0.157. The molecule has 2 rings (SSSR count). The highest BCUT2D eigenvalue weighted by atomic mass is 16.5. The third-order valence-electron chi connectivity index (χ3n) is 3.68. The van der Waals surface area contributed by atoms with Gasteiger partial charge >= 0.3 is 0 Å². The van der Waals surface area contributed by atoms with E-state index in [0.717, 1.165) is 16.9 Å². The van der Waals surface area contributed by atoms with Gasteiger partial charge in [0.1, 0.15) is 5.75 Å². The molecule has 104 valence electrons. The number of rotatable bonds is 4. The van der Waals surface area contributed by atoms with Crippen LogP contribution in [-0.4, -0.2) is 41.2 Å². The summed E-state index contributed by atoms with van der Waals surface area (Å²) in [6.07, 6.45) is 0.675. The molecule has 0 spiro atoms. The largest absolute Gasteiger partial charge is 0.483 e. The summed E-state index contributed by atoms with van der Waals surface area (Å²) in [6.45, 7) is 6.74. The van der Waals surface area contributed by atoms with E-state index < -0.39 is 5.60 Å². The first-order chi connectivity index (χ1) is 8.93. The first kappa shape index (κ1) is 13.9. The zero-order valence-electron chi connectivity index (χ0n) is 11.8. The average molecular weight is 263 g/mol. The molecule has 0 saturated carbocycles. The first-order valence-electron chi connectivity index (χ1n) is 6.64. The first-order valence-corrected chi connectivity index (χ1v) is 6.64. The van der Waals surface area contributed by atoms with Gasteiger partial charge in [0.05, 0.1) is 18.7 Å². The zero-order valence-corrected chi connectivity index (χ0v) is 11.8. The van der Waals surface area contributed by atoms with Crippen molar-refractivity contribution in [3.05, 3.63) is 29.3 Å². The van der Waals surface area contributed by atoms with Crippen LogP contribution in [0.5, 0.6) is 5.75 Å². The molecule has 1 N–H and O–H groups in total. The molecule has 1 amide bonds. The Kier molecular flexibility index (Phi) is 3.80. The highest BCUT2D eigenvalue weighted by molar-refractivity contribution is 5.79. The second-order valence-electron chi connectivity index (χ2n) is 5.39. The molecule has 0 aliphatic carbocycles. The van der Waals surface area contributed by atoms with Gasteiger partial charge in [0.2, 0.25) is 0 Å². The molecule has 0 unspecified atom stereocenters. The van der Waals surface area contributed by atoms with Crippen molar-refractivity contribution in [3.8, 4) is 5.75 Å². The molecule has 1 aliphatic rings. The number of β-amino-alcohol motifs (C(OH)–C–C–N with tert-alkyl or cyclic N) is 1. The summed E-state index contributed by atoms with van der Waals surface area (Å²) < 4.78 is 5.57. The van der Waals surface area contributed by atoms with Gasteiger partial charge < -0.3 is 14.7 Å². The van der Waals surface area contributed by atoms with E-state index in [2.05, 4.69) is 0 Å². The van der Waals surface area contributed by atoms with E-state index >= 15 is 0 Å². The molecule has 1 saturated heterocycles. The van der Waals surface area contributed by atoms with Gasteiger partial charge in [-0.2, -0.15) is 0 Å². The normalized spacial score (nSPS) is 16.9. The summed E-state index contributed by atoms with van der Waals surface area (Å²) in [5.41, 5.74) is 1.44. The Morgan fingerprint density at radius 3 is 2.74 bits per heavy atom. The molecule has 19 heavy (non-hydrogen) atoms. The average Bonchev–Trinajstić information content (AvgIpc) is 2.35. The predicted molar refractivity (Wildman–Crippen MR) is 73.2 cm³/mol. The molecule has 1 fully saturated rings. The summed E-state index contributed by atoms with van der Waals surface area (Å²) in [7, 11) is 0. The van der Waals surface area contributed by atoms with E-state index in [9.17, 15) is 9.90 Å². The van der Waals surface area contributed by atoms with Crippen LogP contribution in [0.4, 0.5) is 0 Å². The molecule has 4 nitrogen and oxygen atoms in total. The molecule has 1 aromatic rings. The van der Waals surface area contributed by atoms with Crippen LogP contribution in [0.25, 0.3) is 0 Å². The second kappa shape index (κ2) is 5.21. The fourth-order valence-corrected chi connectivity index (χ4v) is 2.16. The lowest BCUT2D eigenvalue weighted by Crippen LogP contribution is -2.63. The topological polar surface area (TPSA) is 49.8 Å². The standard InChI is InChI=1S/C15H21NO3/c1-4-15(18)9-16(10-15)14(17)8-19-13-7-11(2)5-6-12(13)3/h5-7,18H,4,8-10H2,1-3H3. The Hall–Kier alpha value is -1.55. The minimum Gasteiger partial charge on any atom is -0.483 e. The van der Waals surface area contributed by atoms with Gasteiger partial charge in [0.25, 0.3) is 5.91 Å². The van der Waals surface area contributed by atoms with Gasteiger partial charge in [-0.1, -0.05) is 19.1 Å². The maximum absolute atomic E-state index is 11.9. The zero-order chi connectivity index (χ0) is 14.0. The monoisotopic (exact) mass is 263 g/mol. The highest BCUT2D eigenvalue weighted by Crippen LogP contribution is 2.24. The number of amides is 1. The third kappa shape index (κ3) is 3.07. The van der Waals surface area contributed by atoms with Crippen LogP contribution in [0.3, 0.4) is 0 Å². The van der Waals surface area contributed by atoms with Gasteiger partial charge in [-0.25, -0.2) is 0 Å². The van der Waals surface area contributed by atoms with Crippen molar-refractivity contribution in [2.45, 2.75) is 32.8 Å². The molecule has 4 heteroatoms. The third-order valence-corrected chi connectivity index (χ3v) is 3.68. The number of likely N-dealkylation sites (tertiary alicyclic amines) is 1. The lowest BCUT2D eigenvalue weighted by atomic mass is 9.91. The summed E-state index contributed by atoms with van der Waals surface area (Å²) in [6, 6.07) is 5.93. The fourth-order valence-electron chi connectivity index (χ4n) is 2.16. The number of nitrogens with zero attached hydrogens (tertiary/aromatic N) is 1. The number of aliphatic hydroxyl groups is 1. The van der Waals surface area contributed by atoms with Crippen molar-refractivity contribution in [2.24, 2.45) is 0 Å². The van der Waals surface area contributed by atoms with Crippen molar-refractivity contribution < 1.29 is 14.6 Å². The molecule has 1 aliphatic heterocycles. The Balaban J connectivity index is 1.86. The second-order valence-corrected chi connectivity index (χ2v) is 5.39. The summed E-state index contributed by atoms with van der Waals surface area (Å²) in [5, 5.41) is 9.87. The van der Waals surface area contributed by atoms with E-state index in [4.69, 9.17) is 4.74 Å². The molecular weight excluding hydrogens is 242 g/mol. The van der Waals surface area contributed by atoms with Crippen LogP contribution in [-0.2, 0) is 4.79 Å². The van der Waals surface area contributed by atoms with Crippen LogP contribution in [0, 0.1) is 13.8 Å². The highest BCUT2D eigenvalue weighted by Gasteiger charge is 2.41. The molecule has 1 aromatic carbocycles. The maximum Gasteiger partial charge on any atom is 0.260 e. The van der Waals surface area contributed by atoms with E-state index in [1.165, 1.54) is 0 Å². The minimum absolute atomic E-state index is 0.0318. The molecule has 0 atom stereocenters. The Morgan fingerprint density at radius 2 is 2.11 bits per heavy atom. The van der Waals surface area contributed by atoms with Crippen LogP contribution in [0.1, 0.15) is 24.5 Å². The van der Waals surface area contributed by atoms with Gasteiger partial charge in [-0.15, -0.1) is 0 Å². The predicted octanol–water partition coefficient (Wildman–Crippen LogP) is 1.67. The number of hydrogen-bond donors (Lipinski definition) is 1. The summed E-state index contributed by atoms with van der Waals surface area (Å²) >= 11 is 0. The molecular formula is C15H21NO3. The van der Waals surface area contributed by atoms with Gasteiger partial charge in [0.15, 0.2) is 6.61 Å². The number of carbonyl (C=O) groups is 1. The molecule has 0 aromatic heterocycles. The number of carbonyl (C=O) groups excluding carboxylic acids is 1. The van der Waals surface area contributed by atoms with Crippen LogP contribution < -0.4 is 4.74 Å². The number of aryl methyl sites for hydroxylation is 2. The van der Waals surface area contributed by atoms with E-state index in [1.54, 1.807) is 4.90 Å². The summed E-state index contributed by atoms with van der Waals surface area (Å²) in [5.74, 6) is 0.679. The van der Waals surface area contributed by atoms with Gasteiger partial charge in [-0.05, 0) is 37.5 Å². The van der Waals surface area contributed by atoms with Crippen LogP contribution >= 0.6 is 0 Å². The maximum atomic E-state index is 11.9. The Bertz CT molecular complexity index is 478. The van der Waals surface area contributed by atoms with Crippen molar-refractivity contribution in [1.29, 1.82) is 0 Å². The SMILES string of the molecule is CCC1(O)CN(C(=O)COc2cc(C)ccc2C)C1. The molecule has 1 heterocycles. The van der Waals surface area contributed by atoms with Crippen LogP contribution in [0.15, 0.2) is 18.2 Å². The fraction of sp³-hybridized carbons (Fsp3) is 0.533. The van der Waals surface area contributed by atoms with Crippen molar-refractivity contribution in [1.82, 2.24) is 4.90 Å². The van der Waals surface area contributed by atoms with Gasteiger partial charge in [-0.3, -0.25) is 4.79 Å². The van der Waals surface area contributed by atoms with Gasteiger partial charge in [0, 0.05) is 0 Å². The number of hydrogen-bond acceptors (Lipinski definition) is 3. The van der Waals surface area contributed by atoms with Crippen molar-refractivity contribution in [2.75, 3.05) is 19.7 Å². The lowest BCUT2D eigenvalue weighted by Gasteiger charge is -2.45. The Morgan fingerprint density at radius 1 is 1.42 bits per heavy atom. The van der Waals surface area contributed by atoms with E-state index in [-0.39, 0.29) is 12.5 Å². The van der Waals surface area contributed by atoms with E-state index in [0.29, 0.717) is 19.5 Å². The Labute approximate surface area is 114 Å². The molecule has 0 bridgehead atoms. The summed E-state index contributed by atoms with van der Waals surface area (Å²) in [4.78, 5) is 13.5. The van der Waals surface area contributed by atoms with Crippen molar-refractivity contribution >= 4 is 5.91 Å². The quantitative estimate of drug-likeness (QED) is 0.899. The minimum atomic E-state index is -0.686. The number of ether oxygens (including phenoxy) is 1. The smallest absolute Gasteiger partial charge is 0.260 e. The molecule has 0 radical (unpaired) electrons.